The third-order valence-corrected chi connectivity index (χ3v) is 3.06. The fraction of sp³-hybridized carbons (Fsp3) is 0.412. The predicted molar refractivity (Wildman–Crippen MR) is 81.9 cm³/mol. The van der Waals surface area contributed by atoms with Gasteiger partial charge in [-0.05, 0) is 43.5 Å². The zero-order valence-corrected chi connectivity index (χ0v) is 12.5. The van der Waals surface area contributed by atoms with E-state index in [-0.39, 0.29) is 12.2 Å². The van der Waals surface area contributed by atoms with Gasteiger partial charge in [-0.15, -0.1) is 0 Å². The number of ether oxygens (including phenoxy) is 2. The maximum absolute atomic E-state index is 9.43. The number of rotatable bonds is 8. The van der Waals surface area contributed by atoms with E-state index < -0.39 is 6.10 Å². The van der Waals surface area contributed by atoms with Crippen molar-refractivity contribution in [1.82, 2.24) is 0 Å². The fourth-order valence-electron chi connectivity index (χ4n) is 2.03. The molecule has 1 N–H and O–H groups in total. The molecular formula is C17H24O3. The Morgan fingerprint density at radius 1 is 1.30 bits per heavy atom. The van der Waals surface area contributed by atoms with Crippen molar-refractivity contribution >= 4 is 0 Å². The van der Waals surface area contributed by atoms with E-state index in [1.807, 2.05) is 31.2 Å². The van der Waals surface area contributed by atoms with Gasteiger partial charge in [-0.3, -0.25) is 0 Å². The number of benzene rings is 1. The van der Waals surface area contributed by atoms with Gasteiger partial charge in [0, 0.05) is 0 Å². The number of aliphatic hydroxyl groups excluding tert-OH is 1. The van der Waals surface area contributed by atoms with E-state index in [9.17, 15) is 5.11 Å². The molecule has 20 heavy (non-hydrogen) atoms. The van der Waals surface area contributed by atoms with Crippen LogP contribution in [0.15, 0.2) is 49.1 Å². The van der Waals surface area contributed by atoms with Gasteiger partial charge in [0.1, 0.15) is 11.9 Å². The molecule has 0 aliphatic heterocycles. The second-order valence-electron chi connectivity index (χ2n) is 4.96. The average molecular weight is 276 g/mol. The molecule has 0 aromatic heterocycles. The van der Waals surface area contributed by atoms with Gasteiger partial charge >= 0.3 is 0 Å². The zero-order chi connectivity index (χ0) is 15.1. The molecule has 1 aromatic rings. The van der Waals surface area contributed by atoms with E-state index in [2.05, 4.69) is 13.2 Å². The predicted octanol–water partition coefficient (Wildman–Crippen LogP) is 3.65. The van der Waals surface area contributed by atoms with Crippen molar-refractivity contribution in [2.24, 2.45) is 0 Å². The Labute approximate surface area is 121 Å². The van der Waals surface area contributed by atoms with E-state index in [0.717, 1.165) is 16.9 Å². The van der Waals surface area contributed by atoms with Crippen LogP contribution in [0, 0.1) is 0 Å². The van der Waals surface area contributed by atoms with Crippen molar-refractivity contribution in [3.05, 3.63) is 54.6 Å². The first kappa shape index (κ1) is 16.5. The molecule has 3 heteroatoms. The van der Waals surface area contributed by atoms with Gasteiger partial charge in [0.2, 0.25) is 0 Å². The first-order valence-corrected chi connectivity index (χ1v) is 6.76. The molecular weight excluding hydrogens is 252 g/mol. The lowest BCUT2D eigenvalue weighted by Gasteiger charge is -2.24. The second-order valence-corrected chi connectivity index (χ2v) is 4.96. The molecule has 0 amide bonds. The minimum atomic E-state index is -0.390. The van der Waals surface area contributed by atoms with Crippen LogP contribution in [0.5, 0.6) is 5.75 Å². The summed E-state index contributed by atoms with van der Waals surface area (Å²) < 4.78 is 11.2. The Balaban J connectivity index is 2.88. The van der Waals surface area contributed by atoms with Crippen LogP contribution in [0.3, 0.4) is 0 Å². The maximum atomic E-state index is 9.43. The van der Waals surface area contributed by atoms with Crippen molar-refractivity contribution < 1.29 is 14.6 Å². The molecule has 0 radical (unpaired) electrons. The number of aliphatic hydroxyl groups is 1. The lowest BCUT2D eigenvalue weighted by molar-refractivity contribution is -0.00708. The monoisotopic (exact) mass is 276 g/mol. The smallest absolute Gasteiger partial charge is 0.118 e. The molecule has 0 saturated heterocycles. The van der Waals surface area contributed by atoms with Crippen molar-refractivity contribution in [3.8, 4) is 5.75 Å². The van der Waals surface area contributed by atoms with Crippen LogP contribution < -0.4 is 4.74 Å². The summed E-state index contributed by atoms with van der Waals surface area (Å²) in [4.78, 5) is 0. The van der Waals surface area contributed by atoms with Gasteiger partial charge in [-0.25, -0.2) is 0 Å². The molecule has 3 atom stereocenters. The van der Waals surface area contributed by atoms with Gasteiger partial charge in [0.15, 0.2) is 0 Å². The third-order valence-electron chi connectivity index (χ3n) is 3.06. The summed E-state index contributed by atoms with van der Waals surface area (Å²) in [6, 6.07) is 7.68. The van der Waals surface area contributed by atoms with Crippen LogP contribution in [0.25, 0.3) is 0 Å². The Hall–Kier alpha value is -1.58. The summed E-state index contributed by atoms with van der Waals surface area (Å²) in [5.41, 5.74) is 1.79. The van der Waals surface area contributed by atoms with Crippen molar-refractivity contribution in [3.63, 3.8) is 0 Å². The third kappa shape index (κ3) is 4.83. The topological polar surface area (TPSA) is 38.7 Å². The zero-order valence-electron chi connectivity index (χ0n) is 12.5. The molecule has 0 saturated carbocycles. The molecule has 0 unspecified atom stereocenters. The first-order chi connectivity index (χ1) is 9.47. The molecule has 0 bridgehead atoms. The van der Waals surface area contributed by atoms with Crippen LogP contribution in [-0.2, 0) is 4.74 Å². The summed E-state index contributed by atoms with van der Waals surface area (Å²) in [7, 11) is 1.64. The number of hydrogen-bond donors (Lipinski definition) is 1. The van der Waals surface area contributed by atoms with Crippen LogP contribution in [0.1, 0.15) is 31.9 Å². The number of hydrogen-bond acceptors (Lipinski definition) is 3. The average Bonchev–Trinajstić information content (AvgIpc) is 2.43. The molecule has 110 valence electrons. The van der Waals surface area contributed by atoms with Gasteiger partial charge in [0.25, 0.3) is 0 Å². The lowest BCUT2D eigenvalue weighted by atomic mass is 10.0. The van der Waals surface area contributed by atoms with Gasteiger partial charge < -0.3 is 14.6 Å². The minimum absolute atomic E-state index is 0.0706. The van der Waals surface area contributed by atoms with Crippen molar-refractivity contribution in [2.75, 3.05) is 7.11 Å². The van der Waals surface area contributed by atoms with Crippen LogP contribution in [0.2, 0.25) is 0 Å². The molecule has 1 rings (SSSR count). The van der Waals surface area contributed by atoms with E-state index in [0.29, 0.717) is 6.42 Å². The highest BCUT2D eigenvalue weighted by molar-refractivity contribution is 5.34. The summed E-state index contributed by atoms with van der Waals surface area (Å²) in [6.07, 6.45) is 1.56. The van der Waals surface area contributed by atoms with E-state index in [1.165, 1.54) is 0 Å². The van der Waals surface area contributed by atoms with Gasteiger partial charge in [-0.2, -0.15) is 0 Å². The van der Waals surface area contributed by atoms with Crippen molar-refractivity contribution in [2.45, 2.75) is 38.6 Å². The molecule has 0 aliphatic rings. The second kappa shape index (κ2) is 7.88. The molecule has 0 aliphatic carbocycles. The molecule has 1 aromatic carbocycles. The molecule has 3 nitrogen and oxygen atoms in total. The molecule has 0 spiro atoms. The highest BCUT2D eigenvalue weighted by atomic mass is 16.5. The van der Waals surface area contributed by atoms with E-state index in [1.54, 1.807) is 20.1 Å². The maximum Gasteiger partial charge on any atom is 0.118 e. The first-order valence-electron chi connectivity index (χ1n) is 6.76. The highest BCUT2D eigenvalue weighted by Crippen LogP contribution is 2.29. The molecule has 0 heterocycles. The van der Waals surface area contributed by atoms with Gasteiger partial charge in [0.05, 0.1) is 19.3 Å². The van der Waals surface area contributed by atoms with Crippen LogP contribution in [-0.4, -0.2) is 24.4 Å². The van der Waals surface area contributed by atoms with Crippen LogP contribution in [0.4, 0.5) is 0 Å². The molecule has 0 fully saturated rings. The lowest BCUT2D eigenvalue weighted by Crippen LogP contribution is -2.19. The van der Waals surface area contributed by atoms with E-state index >= 15 is 0 Å². The standard InChI is InChI=1S/C17H24O3/c1-6-12(2)17(20-14(4)11-13(3)18)15-7-9-16(19-5)10-8-15/h6-10,13-14,17-18H,1-2,11H2,3-5H3/t13-,14-,17+/m1/s1. The largest absolute Gasteiger partial charge is 0.497 e. The minimum Gasteiger partial charge on any atom is -0.497 e. The van der Waals surface area contributed by atoms with E-state index in [4.69, 9.17) is 9.47 Å². The van der Waals surface area contributed by atoms with Crippen molar-refractivity contribution in [1.29, 1.82) is 0 Å². The van der Waals surface area contributed by atoms with Gasteiger partial charge in [-0.1, -0.05) is 31.4 Å². The van der Waals surface area contributed by atoms with Crippen LogP contribution >= 0.6 is 0 Å². The summed E-state index contributed by atoms with van der Waals surface area (Å²) >= 11 is 0. The Morgan fingerprint density at radius 2 is 1.90 bits per heavy atom. The quantitative estimate of drug-likeness (QED) is 0.736. The Kier molecular flexibility index (Phi) is 6.49. The fourth-order valence-corrected chi connectivity index (χ4v) is 2.03. The summed E-state index contributed by atoms with van der Waals surface area (Å²) in [5, 5.41) is 9.43. The normalized spacial score (nSPS) is 15.2. The number of methoxy groups -OCH3 is 1. The summed E-state index contributed by atoms with van der Waals surface area (Å²) in [5.74, 6) is 0.800. The Morgan fingerprint density at radius 3 is 2.35 bits per heavy atom. The SMILES string of the molecule is C=CC(=C)[C@H](O[C@H](C)C[C@@H](C)O)c1ccc(OC)cc1. The Bertz CT molecular complexity index is 434. The summed E-state index contributed by atoms with van der Waals surface area (Å²) in [6.45, 7) is 11.4. The highest BCUT2D eigenvalue weighted by Gasteiger charge is 2.18.